The molecule has 1 aliphatic rings. The van der Waals surface area contributed by atoms with Crippen LogP contribution >= 0.6 is 0 Å². The van der Waals surface area contributed by atoms with Crippen LogP contribution in [0.1, 0.15) is 43.2 Å². The second-order valence-electron chi connectivity index (χ2n) is 6.28. The molecule has 0 saturated carbocycles. The number of aromatic nitrogens is 1. The number of hydrogen-bond donors (Lipinski definition) is 1. The molecule has 1 aliphatic heterocycles. The van der Waals surface area contributed by atoms with E-state index in [2.05, 4.69) is 36.7 Å². The Balaban J connectivity index is 2.17. The Morgan fingerprint density at radius 3 is 2.50 bits per heavy atom. The third kappa shape index (κ3) is 3.00. The molecule has 4 heteroatoms. The van der Waals surface area contributed by atoms with Gasteiger partial charge >= 0.3 is 5.97 Å². The lowest BCUT2D eigenvalue weighted by atomic mass is 9.83. The van der Waals surface area contributed by atoms with E-state index in [4.69, 9.17) is 5.11 Å². The van der Waals surface area contributed by atoms with Gasteiger partial charge in [0.1, 0.15) is 5.82 Å². The van der Waals surface area contributed by atoms with Crippen molar-refractivity contribution in [2.24, 2.45) is 5.41 Å². The van der Waals surface area contributed by atoms with Crippen LogP contribution < -0.4 is 4.90 Å². The highest BCUT2D eigenvalue weighted by molar-refractivity contribution is 5.89. The van der Waals surface area contributed by atoms with E-state index in [0.717, 1.165) is 25.3 Å². The second-order valence-corrected chi connectivity index (χ2v) is 6.28. The van der Waals surface area contributed by atoms with Crippen molar-refractivity contribution in [3.05, 3.63) is 35.0 Å². The van der Waals surface area contributed by atoms with Gasteiger partial charge < -0.3 is 10.0 Å². The molecule has 0 aliphatic carbocycles. The van der Waals surface area contributed by atoms with Gasteiger partial charge in [0.15, 0.2) is 0 Å². The van der Waals surface area contributed by atoms with Gasteiger partial charge in [-0.2, -0.15) is 0 Å². The lowest BCUT2D eigenvalue weighted by molar-refractivity contribution is 0.0695. The van der Waals surface area contributed by atoms with Crippen LogP contribution in [0.15, 0.2) is 23.8 Å². The molecular weight excluding hydrogens is 252 g/mol. The van der Waals surface area contributed by atoms with Crippen molar-refractivity contribution < 1.29 is 9.90 Å². The normalized spacial score (nSPS) is 16.0. The number of rotatable bonds is 2. The maximum Gasteiger partial charge on any atom is 0.337 e. The number of carboxylic acid groups (broad SMARTS) is 1. The first-order valence-corrected chi connectivity index (χ1v) is 6.94. The third-order valence-electron chi connectivity index (χ3n) is 3.80. The van der Waals surface area contributed by atoms with E-state index >= 15 is 0 Å². The van der Waals surface area contributed by atoms with Gasteiger partial charge in [0.25, 0.3) is 0 Å². The molecule has 0 unspecified atom stereocenters. The van der Waals surface area contributed by atoms with E-state index in [1.54, 1.807) is 19.1 Å². The third-order valence-corrected chi connectivity index (χ3v) is 3.80. The van der Waals surface area contributed by atoms with Crippen LogP contribution in [0.2, 0.25) is 0 Å². The van der Waals surface area contributed by atoms with E-state index in [0.29, 0.717) is 5.69 Å². The largest absolute Gasteiger partial charge is 0.478 e. The van der Waals surface area contributed by atoms with E-state index in [1.807, 2.05) is 0 Å². The van der Waals surface area contributed by atoms with E-state index in [1.165, 1.54) is 5.57 Å². The Hall–Kier alpha value is -1.84. The highest BCUT2D eigenvalue weighted by Gasteiger charge is 2.22. The molecule has 0 saturated heterocycles. The molecule has 0 aromatic carbocycles. The molecule has 2 rings (SSSR count). The minimum absolute atomic E-state index is 0.225. The summed E-state index contributed by atoms with van der Waals surface area (Å²) < 4.78 is 0. The first kappa shape index (κ1) is 14.6. The van der Waals surface area contributed by atoms with Crippen LogP contribution in [0.5, 0.6) is 0 Å². The lowest BCUT2D eigenvalue weighted by Crippen LogP contribution is -2.32. The molecule has 0 fully saturated rings. The number of hydrogen-bond acceptors (Lipinski definition) is 3. The van der Waals surface area contributed by atoms with Gasteiger partial charge in [-0.05, 0) is 30.9 Å². The highest BCUT2D eigenvalue weighted by atomic mass is 16.4. The van der Waals surface area contributed by atoms with E-state index in [9.17, 15) is 4.79 Å². The molecule has 0 amide bonds. The van der Waals surface area contributed by atoms with Gasteiger partial charge in [-0.15, -0.1) is 0 Å². The summed E-state index contributed by atoms with van der Waals surface area (Å²) >= 11 is 0. The van der Waals surface area contributed by atoms with Gasteiger partial charge in [-0.1, -0.05) is 32.4 Å². The molecule has 108 valence electrons. The summed E-state index contributed by atoms with van der Waals surface area (Å²) in [7, 11) is 0. The number of anilines is 1. The first-order chi connectivity index (χ1) is 9.29. The van der Waals surface area contributed by atoms with Crippen LogP contribution in [0.25, 0.3) is 0 Å². The van der Waals surface area contributed by atoms with Crippen molar-refractivity contribution >= 4 is 11.8 Å². The lowest BCUT2D eigenvalue weighted by Gasteiger charge is -2.33. The number of aromatic carboxylic acids is 1. The average Bonchev–Trinajstić information content (AvgIpc) is 2.37. The van der Waals surface area contributed by atoms with Crippen molar-refractivity contribution in [3.8, 4) is 0 Å². The smallest absolute Gasteiger partial charge is 0.337 e. The Morgan fingerprint density at radius 2 is 2.05 bits per heavy atom. The van der Waals surface area contributed by atoms with Crippen molar-refractivity contribution in [1.82, 2.24) is 4.98 Å². The van der Waals surface area contributed by atoms with Crippen LogP contribution in [0.4, 0.5) is 5.82 Å². The molecule has 1 aromatic heterocycles. The number of aryl methyl sites for hydroxylation is 1. The molecule has 0 atom stereocenters. The van der Waals surface area contributed by atoms with Gasteiger partial charge in [-0.25, -0.2) is 9.78 Å². The summed E-state index contributed by atoms with van der Waals surface area (Å²) in [6.07, 6.45) is 3.30. The van der Waals surface area contributed by atoms with Gasteiger partial charge in [0.05, 0.1) is 11.3 Å². The Bertz CT molecular complexity index is 556. The van der Waals surface area contributed by atoms with Crippen LogP contribution in [-0.2, 0) is 0 Å². The summed E-state index contributed by atoms with van der Waals surface area (Å²) in [6, 6.07) is 3.44. The Morgan fingerprint density at radius 1 is 1.35 bits per heavy atom. The number of pyridine rings is 1. The maximum absolute atomic E-state index is 11.0. The fourth-order valence-corrected chi connectivity index (χ4v) is 2.51. The molecule has 0 spiro atoms. The predicted octanol–water partition coefficient (Wildman–Crippen LogP) is 3.27. The molecular formula is C16H22N2O2. The van der Waals surface area contributed by atoms with Crippen molar-refractivity contribution in [2.45, 2.75) is 34.1 Å². The Kier molecular flexibility index (Phi) is 3.84. The average molecular weight is 274 g/mol. The summed E-state index contributed by atoms with van der Waals surface area (Å²) in [5.41, 5.74) is 2.55. The van der Waals surface area contributed by atoms with Crippen molar-refractivity contribution in [1.29, 1.82) is 0 Å². The number of carboxylic acids is 1. The molecule has 1 N–H and O–H groups in total. The number of nitrogens with zero attached hydrogens (tertiary/aromatic N) is 2. The molecule has 1 aromatic rings. The summed E-state index contributed by atoms with van der Waals surface area (Å²) in [5.74, 6) is -0.0631. The minimum Gasteiger partial charge on any atom is -0.478 e. The topological polar surface area (TPSA) is 53.4 Å². The van der Waals surface area contributed by atoms with Crippen molar-refractivity contribution in [3.63, 3.8) is 0 Å². The minimum atomic E-state index is -0.921. The highest BCUT2D eigenvalue weighted by Crippen LogP contribution is 2.31. The molecule has 4 nitrogen and oxygen atoms in total. The molecule has 0 radical (unpaired) electrons. The van der Waals surface area contributed by atoms with Gasteiger partial charge in [0.2, 0.25) is 0 Å². The monoisotopic (exact) mass is 274 g/mol. The van der Waals surface area contributed by atoms with Gasteiger partial charge in [0, 0.05) is 13.1 Å². The molecule has 20 heavy (non-hydrogen) atoms. The first-order valence-electron chi connectivity index (χ1n) is 6.94. The standard InChI is InChI=1S/C16H22N2O2/c1-11-13(15(19)20)5-6-14(17-11)18-9-7-12(8-10-18)16(2,3)4/h5-7H,8-10H2,1-4H3,(H,19,20). The van der Waals surface area contributed by atoms with E-state index in [-0.39, 0.29) is 11.0 Å². The number of carbonyl (C=O) groups is 1. The quantitative estimate of drug-likeness (QED) is 0.841. The summed E-state index contributed by atoms with van der Waals surface area (Å²) in [6.45, 7) is 10.2. The SMILES string of the molecule is Cc1nc(N2CC=C(C(C)(C)C)CC2)ccc1C(=O)O. The fourth-order valence-electron chi connectivity index (χ4n) is 2.51. The maximum atomic E-state index is 11.0. The summed E-state index contributed by atoms with van der Waals surface area (Å²) in [5, 5.41) is 9.03. The zero-order chi connectivity index (χ0) is 14.9. The predicted molar refractivity (Wildman–Crippen MR) is 80.3 cm³/mol. The van der Waals surface area contributed by atoms with Crippen LogP contribution in [-0.4, -0.2) is 29.1 Å². The molecule has 2 heterocycles. The van der Waals surface area contributed by atoms with Gasteiger partial charge in [-0.3, -0.25) is 0 Å². The van der Waals surface area contributed by atoms with Crippen LogP contribution in [0.3, 0.4) is 0 Å². The second kappa shape index (κ2) is 5.27. The van der Waals surface area contributed by atoms with Crippen LogP contribution in [0, 0.1) is 12.3 Å². The Labute approximate surface area is 120 Å². The van der Waals surface area contributed by atoms with E-state index < -0.39 is 5.97 Å². The summed E-state index contributed by atoms with van der Waals surface area (Å²) in [4.78, 5) is 17.6. The van der Waals surface area contributed by atoms with Crippen molar-refractivity contribution in [2.75, 3.05) is 18.0 Å². The zero-order valence-corrected chi connectivity index (χ0v) is 12.6. The fraction of sp³-hybridized carbons (Fsp3) is 0.500. The molecule has 0 bridgehead atoms. The zero-order valence-electron chi connectivity index (χ0n) is 12.6.